The lowest BCUT2D eigenvalue weighted by molar-refractivity contribution is -0.112. The van der Waals surface area contributed by atoms with Crippen molar-refractivity contribution in [3.63, 3.8) is 0 Å². The molecule has 0 amide bonds. The van der Waals surface area contributed by atoms with Gasteiger partial charge in [-0.3, -0.25) is 9.59 Å². The lowest BCUT2D eigenvalue weighted by Crippen LogP contribution is -2.35. The zero-order chi connectivity index (χ0) is 29.3. The van der Waals surface area contributed by atoms with Crippen molar-refractivity contribution in [2.75, 3.05) is 0 Å². The first-order valence-electron chi connectivity index (χ1n) is 17.9. The summed E-state index contributed by atoms with van der Waals surface area (Å²) in [7, 11) is 0. The van der Waals surface area contributed by atoms with Crippen molar-refractivity contribution in [1.82, 2.24) is 0 Å². The molecule has 1 aliphatic carbocycles. The zero-order valence-corrected chi connectivity index (χ0v) is 28.2. The smallest absolute Gasteiger partial charge is 0.221 e. The molecule has 0 saturated heterocycles. The number of carbonyl (C=O) groups is 2. The van der Waals surface area contributed by atoms with Crippen molar-refractivity contribution in [3.8, 4) is 0 Å². The predicted octanol–water partition coefficient (Wildman–Crippen LogP) is 13.0. The normalized spacial score (nSPS) is 21.1. The van der Waals surface area contributed by atoms with Crippen molar-refractivity contribution in [2.45, 2.75) is 194 Å². The number of halogens is 2. The van der Waals surface area contributed by atoms with E-state index in [1.165, 1.54) is 141 Å². The van der Waals surface area contributed by atoms with Crippen molar-refractivity contribution in [2.24, 2.45) is 23.7 Å². The summed E-state index contributed by atoms with van der Waals surface area (Å²) in [5.41, 5.74) is 0. The maximum atomic E-state index is 11.1. The summed E-state index contributed by atoms with van der Waals surface area (Å²) < 4.78 is 0. The summed E-state index contributed by atoms with van der Waals surface area (Å²) in [5.74, 6) is 3.61. The van der Waals surface area contributed by atoms with E-state index in [0.29, 0.717) is 12.8 Å². The Hall–Kier alpha value is -0.0800. The summed E-state index contributed by atoms with van der Waals surface area (Å²) in [5, 5.41) is -0.365. The Morgan fingerprint density at radius 2 is 0.750 bits per heavy atom. The first kappa shape index (κ1) is 37.9. The second-order valence-corrected chi connectivity index (χ2v) is 14.0. The molecular formula is C36H66Cl2O2. The molecular weight excluding hydrogens is 535 g/mol. The molecule has 0 N–H and O–H groups in total. The lowest BCUT2D eigenvalue weighted by atomic mass is 9.61. The van der Waals surface area contributed by atoms with Gasteiger partial charge in [0.15, 0.2) is 0 Å². The molecule has 1 fully saturated rings. The highest BCUT2D eigenvalue weighted by Gasteiger charge is 2.37. The van der Waals surface area contributed by atoms with Gasteiger partial charge in [-0.25, -0.2) is 0 Å². The second-order valence-electron chi connectivity index (χ2n) is 13.2. The van der Waals surface area contributed by atoms with Crippen LogP contribution in [0.3, 0.4) is 0 Å². The maximum absolute atomic E-state index is 11.1. The molecule has 0 aromatic rings. The Morgan fingerprint density at radius 1 is 0.450 bits per heavy atom. The molecule has 4 heteroatoms. The molecule has 1 saturated carbocycles. The van der Waals surface area contributed by atoms with E-state index in [1.54, 1.807) is 0 Å². The van der Waals surface area contributed by atoms with Gasteiger partial charge in [-0.2, -0.15) is 0 Å². The second kappa shape index (κ2) is 26.5. The molecule has 2 nitrogen and oxygen atoms in total. The third-order valence-electron chi connectivity index (χ3n) is 9.85. The fourth-order valence-corrected chi connectivity index (χ4v) is 7.81. The summed E-state index contributed by atoms with van der Waals surface area (Å²) in [6.07, 6.45) is 35.7. The third kappa shape index (κ3) is 19.9. The number of unbranched alkanes of at least 4 members (excludes halogenated alkanes) is 16. The van der Waals surface area contributed by atoms with Gasteiger partial charge in [-0.1, -0.05) is 142 Å². The highest BCUT2D eigenvalue weighted by molar-refractivity contribution is 6.63. The van der Waals surface area contributed by atoms with Crippen LogP contribution in [0.4, 0.5) is 0 Å². The minimum atomic E-state index is -0.184. The van der Waals surface area contributed by atoms with Gasteiger partial charge in [-0.15, -0.1) is 0 Å². The number of rotatable bonds is 28. The molecule has 1 rings (SSSR count). The first-order valence-corrected chi connectivity index (χ1v) is 18.6. The monoisotopic (exact) mass is 600 g/mol. The standard InChI is InChI=1S/C36H66Cl2O2/c1-3-5-7-9-10-12-19-25-33-31(23-17-11-8-6-4-2)29-30-32(24-18-13-15-21-27-35(37)39)34(33)26-20-14-16-22-28-36(38)40/h31-34H,3-30H2,1-2H3. The Kier molecular flexibility index (Phi) is 25.2. The van der Waals surface area contributed by atoms with Crippen LogP contribution in [0.15, 0.2) is 0 Å². The van der Waals surface area contributed by atoms with E-state index in [0.717, 1.165) is 49.4 Å². The van der Waals surface area contributed by atoms with Gasteiger partial charge in [0, 0.05) is 12.8 Å². The van der Waals surface area contributed by atoms with E-state index >= 15 is 0 Å². The molecule has 0 aromatic carbocycles. The van der Waals surface area contributed by atoms with Gasteiger partial charge < -0.3 is 0 Å². The number of hydrogen-bond donors (Lipinski definition) is 0. The van der Waals surface area contributed by atoms with Crippen molar-refractivity contribution in [1.29, 1.82) is 0 Å². The molecule has 40 heavy (non-hydrogen) atoms. The minimum Gasteiger partial charge on any atom is -0.281 e. The Labute approximate surface area is 259 Å². The zero-order valence-electron chi connectivity index (χ0n) is 26.7. The van der Waals surface area contributed by atoms with E-state index < -0.39 is 0 Å². The maximum Gasteiger partial charge on any atom is 0.221 e. The van der Waals surface area contributed by atoms with Crippen LogP contribution in [0.5, 0.6) is 0 Å². The van der Waals surface area contributed by atoms with Crippen LogP contribution in [0.25, 0.3) is 0 Å². The van der Waals surface area contributed by atoms with E-state index in [9.17, 15) is 9.59 Å². The van der Waals surface area contributed by atoms with E-state index in [2.05, 4.69) is 13.8 Å². The molecule has 0 spiro atoms. The Morgan fingerprint density at radius 3 is 1.10 bits per heavy atom. The van der Waals surface area contributed by atoms with Gasteiger partial charge in [-0.05, 0) is 85.4 Å². The van der Waals surface area contributed by atoms with Crippen LogP contribution in [0.1, 0.15) is 194 Å². The molecule has 0 heterocycles. The van der Waals surface area contributed by atoms with Gasteiger partial charge >= 0.3 is 0 Å². The average molecular weight is 602 g/mol. The highest BCUT2D eigenvalue weighted by atomic mass is 35.5. The summed E-state index contributed by atoms with van der Waals surface area (Å²) >= 11 is 11.1. The minimum absolute atomic E-state index is 0.181. The summed E-state index contributed by atoms with van der Waals surface area (Å²) in [6, 6.07) is 0. The molecule has 1 aliphatic rings. The van der Waals surface area contributed by atoms with E-state index in [4.69, 9.17) is 23.2 Å². The fraction of sp³-hybridized carbons (Fsp3) is 0.944. The Balaban J connectivity index is 2.75. The van der Waals surface area contributed by atoms with Crippen LogP contribution >= 0.6 is 23.2 Å². The molecule has 0 radical (unpaired) electrons. The summed E-state index contributed by atoms with van der Waals surface area (Å²) in [4.78, 5) is 22.2. The molecule has 0 aromatic heterocycles. The van der Waals surface area contributed by atoms with E-state index in [1.807, 2.05) is 0 Å². The first-order chi connectivity index (χ1) is 19.5. The topological polar surface area (TPSA) is 34.1 Å². The SMILES string of the molecule is CCCCCCCCCC1C(CCCCCCC)CCC(CCCCCCC(=O)Cl)C1CCCCCCC(=O)Cl. The molecule has 4 unspecified atom stereocenters. The fourth-order valence-electron chi connectivity index (χ4n) is 7.54. The van der Waals surface area contributed by atoms with Crippen LogP contribution in [-0.2, 0) is 9.59 Å². The quantitative estimate of drug-likeness (QED) is 0.0660. The lowest BCUT2D eigenvalue weighted by Gasteiger charge is -2.44. The van der Waals surface area contributed by atoms with Crippen molar-refractivity contribution in [3.05, 3.63) is 0 Å². The Bertz CT molecular complexity index is 608. The van der Waals surface area contributed by atoms with Crippen LogP contribution in [0, 0.1) is 23.7 Å². The van der Waals surface area contributed by atoms with Crippen LogP contribution in [-0.4, -0.2) is 10.5 Å². The van der Waals surface area contributed by atoms with Crippen LogP contribution < -0.4 is 0 Å². The number of carbonyl (C=O) groups excluding carboxylic acids is 2. The molecule has 0 aliphatic heterocycles. The largest absolute Gasteiger partial charge is 0.281 e. The average Bonchev–Trinajstić information content (AvgIpc) is 2.92. The van der Waals surface area contributed by atoms with E-state index in [-0.39, 0.29) is 10.5 Å². The van der Waals surface area contributed by atoms with Crippen molar-refractivity contribution < 1.29 is 9.59 Å². The molecule has 0 bridgehead atoms. The van der Waals surface area contributed by atoms with Gasteiger partial charge in [0.25, 0.3) is 0 Å². The molecule has 4 atom stereocenters. The predicted molar refractivity (Wildman–Crippen MR) is 176 cm³/mol. The number of hydrogen-bond acceptors (Lipinski definition) is 2. The van der Waals surface area contributed by atoms with Gasteiger partial charge in [0.1, 0.15) is 0 Å². The van der Waals surface area contributed by atoms with Gasteiger partial charge in [0.2, 0.25) is 10.5 Å². The van der Waals surface area contributed by atoms with Crippen LogP contribution in [0.2, 0.25) is 0 Å². The highest BCUT2D eigenvalue weighted by Crippen LogP contribution is 2.47. The van der Waals surface area contributed by atoms with Crippen molar-refractivity contribution >= 4 is 33.7 Å². The molecule has 236 valence electrons. The third-order valence-corrected chi connectivity index (χ3v) is 10.2. The summed E-state index contributed by atoms with van der Waals surface area (Å²) in [6.45, 7) is 4.62. The van der Waals surface area contributed by atoms with Gasteiger partial charge in [0.05, 0.1) is 0 Å².